The molecule has 0 radical (unpaired) electrons. The standard InChI is InChI=1S/C9H7NO.FH.Mg.2H/c11-8-5-1-3-7-4-2-6-10-9(7)8;;;;/h1-6,11H;1H;;;/q;;+2;2*-1. The van der Waals surface area contributed by atoms with Crippen LogP contribution in [0.2, 0.25) is 0 Å². The van der Waals surface area contributed by atoms with Gasteiger partial charge < -0.3 is 7.96 Å². The van der Waals surface area contributed by atoms with E-state index in [-0.39, 0.29) is 36.4 Å². The molecule has 4 heteroatoms. The van der Waals surface area contributed by atoms with Gasteiger partial charge in [-0.15, -0.1) is 0 Å². The number of phenols is 1. The van der Waals surface area contributed by atoms with E-state index < -0.39 is 0 Å². The molecule has 0 fully saturated rings. The maximum absolute atomic E-state index is 9.31. The third-order valence-corrected chi connectivity index (χ3v) is 1.61. The first-order valence-electron chi connectivity index (χ1n) is 3.40. The number of benzene rings is 1. The van der Waals surface area contributed by atoms with Crippen LogP contribution in [0.1, 0.15) is 2.85 Å². The summed E-state index contributed by atoms with van der Waals surface area (Å²) in [6.45, 7) is 0. The number of rotatable bonds is 0. The van der Waals surface area contributed by atoms with Gasteiger partial charge in [-0.25, -0.2) is 0 Å². The average Bonchev–Trinajstić information content (AvgIpc) is 2.06. The van der Waals surface area contributed by atoms with E-state index in [0.717, 1.165) is 5.39 Å². The normalized spacial score (nSPS) is 8.62. The van der Waals surface area contributed by atoms with Gasteiger partial charge in [0.2, 0.25) is 0 Å². The van der Waals surface area contributed by atoms with Gasteiger partial charge in [0.05, 0.1) is 0 Å². The molecule has 0 saturated heterocycles. The Labute approximate surface area is 94.1 Å². The van der Waals surface area contributed by atoms with Gasteiger partial charge in [0.25, 0.3) is 0 Å². The molecule has 2 rings (SSSR count). The maximum Gasteiger partial charge on any atom is 2.00 e. The molecule has 13 heavy (non-hydrogen) atoms. The van der Waals surface area contributed by atoms with Gasteiger partial charge in [-0.05, 0) is 12.1 Å². The van der Waals surface area contributed by atoms with Crippen molar-refractivity contribution < 1.29 is 12.7 Å². The second kappa shape index (κ2) is 4.99. The molecule has 1 aromatic heterocycles. The van der Waals surface area contributed by atoms with E-state index in [0.29, 0.717) is 5.52 Å². The molecule has 0 aliphatic carbocycles. The number of hydrogen-bond donors (Lipinski definition) is 1. The molecule has 1 heterocycles. The molecule has 0 bridgehead atoms. The van der Waals surface area contributed by atoms with E-state index in [4.69, 9.17) is 0 Å². The molecule has 1 N–H and O–H groups in total. The summed E-state index contributed by atoms with van der Waals surface area (Å²) >= 11 is 0. The van der Waals surface area contributed by atoms with Gasteiger partial charge in [0, 0.05) is 11.6 Å². The topological polar surface area (TPSA) is 33.1 Å². The molecule has 0 spiro atoms. The van der Waals surface area contributed by atoms with Crippen LogP contribution in [-0.2, 0) is 0 Å². The van der Waals surface area contributed by atoms with E-state index in [9.17, 15) is 5.11 Å². The van der Waals surface area contributed by atoms with Crippen molar-refractivity contribution in [2.75, 3.05) is 0 Å². The van der Waals surface area contributed by atoms with Crippen molar-refractivity contribution in [2.24, 2.45) is 0 Å². The summed E-state index contributed by atoms with van der Waals surface area (Å²) < 4.78 is 0. The number of phenolic OH excluding ortho intramolecular Hbond substituents is 1. The van der Waals surface area contributed by atoms with Crippen molar-refractivity contribution in [3.05, 3.63) is 36.5 Å². The van der Waals surface area contributed by atoms with Gasteiger partial charge >= 0.3 is 23.1 Å². The molecule has 0 atom stereocenters. The molecule has 0 saturated carbocycles. The monoisotopic (exact) mass is 191 g/mol. The van der Waals surface area contributed by atoms with Crippen LogP contribution in [0.5, 0.6) is 5.75 Å². The van der Waals surface area contributed by atoms with Crippen LogP contribution < -0.4 is 0 Å². The second-order valence-corrected chi connectivity index (χ2v) is 2.35. The zero-order chi connectivity index (χ0) is 7.68. The minimum Gasteiger partial charge on any atom is -1.00 e. The number of aromatic nitrogens is 1. The molecule has 0 aliphatic rings. The van der Waals surface area contributed by atoms with Crippen molar-refractivity contribution in [2.45, 2.75) is 0 Å². The van der Waals surface area contributed by atoms with Crippen LogP contribution in [0.4, 0.5) is 4.70 Å². The number of aromatic hydroxyl groups is 1. The minimum absolute atomic E-state index is 0. The van der Waals surface area contributed by atoms with Crippen molar-refractivity contribution in [1.82, 2.24) is 4.98 Å². The molecule has 0 unspecified atom stereocenters. The first kappa shape index (κ1) is 12.1. The Morgan fingerprint density at radius 2 is 1.85 bits per heavy atom. The third-order valence-electron chi connectivity index (χ3n) is 1.61. The first-order valence-corrected chi connectivity index (χ1v) is 3.40. The van der Waals surface area contributed by atoms with Gasteiger partial charge in [0.1, 0.15) is 11.3 Å². The molecule has 0 amide bonds. The maximum atomic E-state index is 9.31. The zero-order valence-corrected chi connectivity index (χ0v) is 8.39. The smallest absolute Gasteiger partial charge is 1.00 e. The molecule has 2 aromatic rings. The molecular weight excluding hydrogens is 181 g/mol. The Bertz CT molecular complexity index is 397. The van der Waals surface area contributed by atoms with Gasteiger partial charge in [0.15, 0.2) is 0 Å². The number of fused-ring (bicyclic) bond motifs is 1. The summed E-state index contributed by atoms with van der Waals surface area (Å²) in [6.07, 6.45) is 1.67. The summed E-state index contributed by atoms with van der Waals surface area (Å²) in [7, 11) is 0. The Morgan fingerprint density at radius 1 is 1.15 bits per heavy atom. The van der Waals surface area contributed by atoms with Crippen molar-refractivity contribution in [3.8, 4) is 5.75 Å². The average molecular weight is 191 g/mol. The number of para-hydroxylation sites is 1. The summed E-state index contributed by atoms with van der Waals surface area (Å²) in [5.41, 5.74) is 0.662. The second-order valence-electron chi connectivity index (χ2n) is 2.35. The van der Waals surface area contributed by atoms with E-state index in [2.05, 4.69) is 4.98 Å². The predicted molar refractivity (Wildman–Crippen MR) is 53.9 cm³/mol. The van der Waals surface area contributed by atoms with Crippen LogP contribution in [-0.4, -0.2) is 33.1 Å². The first-order chi connectivity index (χ1) is 5.38. The van der Waals surface area contributed by atoms with Crippen molar-refractivity contribution >= 4 is 34.0 Å². The van der Waals surface area contributed by atoms with Crippen LogP contribution in [0.15, 0.2) is 36.5 Å². The van der Waals surface area contributed by atoms with Gasteiger partial charge in [-0.3, -0.25) is 9.69 Å². The molecule has 1 aromatic carbocycles. The van der Waals surface area contributed by atoms with Gasteiger partial charge in [-0.1, -0.05) is 18.2 Å². The zero-order valence-electron chi connectivity index (χ0n) is 8.97. The SMILES string of the molecule is F.Oc1cccc2cccnc12.[H-].[H-].[Mg+2]. The minimum atomic E-state index is 0. The molecule has 0 aliphatic heterocycles. The Hall–Kier alpha value is -0.874. The van der Waals surface area contributed by atoms with Gasteiger partial charge in [-0.2, -0.15) is 0 Å². The van der Waals surface area contributed by atoms with Crippen LogP contribution >= 0.6 is 0 Å². The van der Waals surface area contributed by atoms with Crippen LogP contribution in [0, 0.1) is 0 Å². The predicted octanol–water partition coefficient (Wildman–Crippen LogP) is 1.94. The molecule has 2 nitrogen and oxygen atoms in total. The van der Waals surface area contributed by atoms with Crippen molar-refractivity contribution in [3.63, 3.8) is 0 Å². The Morgan fingerprint density at radius 3 is 2.54 bits per heavy atom. The van der Waals surface area contributed by atoms with E-state index in [1.54, 1.807) is 18.3 Å². The fraction of sp³-hybridized carbons (Fsp3) is 0. The summed E-state index contributed by atoms with van der Waals surface area (Å²) in [4.78, 5) is 4.03. The number of hydrogen-bond acceptors (Lipinski definition) is 2. The molecule has 66 valence electrons. The largest absolute Gasteiger partial charge is 2.00 e. The summed E-state index contributed by atoms with van der Waals surface area (Å²) in [5, 5.41) is 10.3. The molecular formula is C9H10FMgNO. The van der Waals surface area contributed by atoms with Crippen molar-refractivity contribution in [1.29, 1.82) is 0 Å². The Kier molecular flexibility index (Phi) is 4.65. The Balaban J connectivity index is -0.000000360. The van der Waals surface area contributed by atoms with E-state index in [1.807, 2.05) is 18.2 Å². The fourth-order valence-corrected chi connectivity index (χ4v) is 1.09. The summed E-state index contributed by atoms with van der Waals surface area (Å²) in [6, 6.07) is 9.13. The van der Waals surface area contributed by atoms with Crippen LogP contribution in [0.25, 0.3) is 10.9 Å². The van der Waals surface area contributed by atoms with E-state index >= 15 is 0 Å². The van der Waals surface area contributed by atoms with E-state index in [1.165, 1.54) is 0 Å². The van der Waals surface area contributed by atoms with Crippen LogP contribution in [0.3, 0.4) is 0 Å². The summed E-state index contributed by atoms with van der Waals surface area (Å²) in [5.74, 6) is 0.239. The third kappa shape index (κ3) is 2.29. The number of nitrogens with zero attached hydrogens (tertiary/aromatic N) is 1. The quantitative estimate of drug-likeness (QED) is 0.646. The number of pyridine rings is 1. The fourth-order valence-electron chi connectivity index (χ4n) is 1.09. The number of halogens is 1.